The molecule has 0 saturated heterocycles. The molecule has 1 aromatic rings. The third-order valence-corrected chi connectivity index (χ3v) is 3.91. The molecule has 0 unspecified atom stereocenters. The molecular formula is C14H19NO3S. The molecule has 0 aliphatic carbocycles. The van der Waals surface area contributed by atoms with Crippen LogP contribution in [0, 0.1) is 13.8 Å². The highest BCUT2D eigenvalue weighted by Crippen LogP contribution is 2.16. The van der Waals surface area contributed by atoms with Crippen LogP contribution in [0.15, 0.2) is 18.2 Å². The topological polar surface area (TPSA) is 66.4 Å². The molecular weight excluding hydrogens is 262 g/mol. The highest BCUT2D eigenvalue weighted by atomic mass is 32.2. The molecule has 1 rings (SSSR count). The van der Waals surface area contributed by atoms with Gasteiger partial charge in [0.1, 0.15) is 6.04 Å². The number of thioether (sulfide) groups is 1. The first-order valence-electron chi connectivity index (χ1n) is 6.04. The summed E-state index contributed by atoms with van der Waals surface area (Å²) in [6, 6.07) is 5.39. The lowest BCUT2D eigenvalue weighted by molar-refractivity contribution is -0.140. The van der Waals surface area contributed by atoms with Crippen LogP contribution in [-0.2, 0) is 15.3 Å². The molecule has 19 heavy (non-hydrogen) atoms. The Kier molecular flexibility index (Phi) is 5.89. The van der Waals surface area contributed by atoms with Gasteiger partial charge in [-0.2, -0.15) is 11.8 Å². The minimum atomic E-state index is -0.997. The number of hydrogen-bond donors (Lipinski definition) is 2. The zero-order chi connectivity index (χ0) is 14.4. The Morgan fingerprint density at radius 3 is 2.53 bits per heavy atom. The maximum absolute atomic E-state index is 10.9. The van der Waals surface area contributed by atoms with Crippen molar-refractivity contribution >= 4 is 23.6 Å². The summed E-state index contributed by atoms with van der Waals surface area (Å²) < 4.78 is 0. The van der Waals surface area contributed by atoms with E-state index in [1.54, 1.807) is 0 Å². The van der Waals surface area contributed by atoms with Crippen molar-refractivity contribution in [2.24, 2.45) is 0 Å². The lowest BCUT2D eigenvalue weighted by Crippen LogP contribution is -2.41. The molecule has 0 aliphatic heterocycles. The molecule has 1 amide bonds. The van der Waals surface area contributed by atoms with Gasteiger partial charge in [-0.25, -0.2) is 4.79 Å². The van der Waals surface area contributed by atoms with E-state index in [-0.39, 0.29) is 5.91 Å². The summed E-state index contributed by atoms with van der Waals surface area (Å²) in [4.78, 5) is 21.8. The Morgan fingerprint density at radius 1 is 1.32 bits per heavy atom. The maximum atomic E-state index is 10.9. The van der Waals surface area contributed by atoms with Crippen LogP contribution in [0.3, 0.4) is 0 Å². The fourth-order valence-electron chi connectivity index (χ4n) is 1.61. The summed E-state index contributed by atoms with van der Waals surface area (Å²) in [5, 5.41) is 11.4. The van der Waals surface area contributed by atoms with Gasteiger partial charge in [-0.15, -0.1) is 0 Å². The Bertz CT molecular complexity index is 474. The lowest BCUT2D eigenvalue weighted by Gasteiger charge is -2.13. The molecule has 0 fully saturated rings. The number of aryl methyl sites for hydroxylation is 2. The quantitative estimate of drug-likeness (QED) is 0.838. The van der Waals surface area contributed by atoms with Gasteiger partial charge in [0.15, 0.2) is 0 Å². The van der Waals surface area contributed by atoms with Crippen LogP contribution in [0.2, 0.25) is 0 Å². The zero-order valence-corrected chi connectivity index (χ0v) is 12.2. The number of carboxylic acid groups (broad SMARTS) is 1. The molecule has 1 atom stereocenters. The molecule has 1 aromatic carbocycles. The molecule has 0 saturated carbocycles. The molecule has 0 aromatic heterocycles. The number of carbonyl (C=O) groups excluding carboxylic acids is 1. The van der Waals surface area contributed by atoms with E-state index in [0.717, 1.165) is 5.75 Å². The molecule has 0 bridgehead atoms. The van der Waals surface area contributed by atoms with Crippen LogP contribution in [-0.4, -0.2) is 28.8 Å². The van der Waals surface area contributed by atoms with Crippen molar-refractivity contribution < 1.29 is 14.7 Å². The molecule has 4 nitrogen and oxygen atoms in total. The van der Waals surface area contributed by atoms with Gasteiger partial charge in [0.2, 0.25) is 5.91 Å². The van der Waals surface area contributed by atoms with Crippen molar-refractivity contribution in [2.45, 2.75) is 32.6 Å². The van der Waals surface area contributed by atoms with E-state index in [1.807, 2.05) is 6.07 Å². The first-order valence-corrected chi connectivity index (χ1v) is 7.19. The largest absolute Gasteiger partial charge is 0.480 e. The first kappa shape index (κ1) is 15.6. The van der Waals surface area contributed by atoms with E-state index in [4.69, 9.17) is 5.11 Å². The number of rotatable bonds is 6. The van der Waals surface area contributed by atoms with E-state index in [9.17, 15) is 9.59 Å². The Hall–Kier alpha value is -1.49. The fraction of sp³-hybridized carbons (Fsp3) is 0.429. The summed E-state index contributed by atoms with van der Waals surface area (Å²) in [5.41, 5.74) is 3.64. The molecule has 2 N–H and O–H groups in total. The average Bonchev–Trinajstić information content (AvgIpc) is 2.31. The SMILES string of the molecule is CC(=O)N[C@@H](CSCc1ccc(C)c(C)c1)C(=O)O. The fourth-order valence-corrected chi connectivity index (χ4v) is 2.60. The number of amides is 1. The minimum Gasteiger partial charge on any atom is -0.480 e. The van der Waals surface area contributed by atoms with Crippen molar-refractivity contribution in [1.82, 2.24) is 5.32 Å². The number of aliphatic carboxylic acids is 1. The van der Waals surface area contributed by atoms with E-state index >= 15 is 0 Å². The average molecular weight is 281 g/mol. The van der Waals surface area contributed by atoms with Crippen LogP contribution in [0.25, 0.3) is 0 Å². The second-order valence-electron chi connectivity index (χ2n) is 4.53. The highest BCUT2D eigenvalue weighted by molar-refractivity contribution is 7.98. The minimum absolute atomic E-state index is 0.320. The van der Waals surface area contributed by atoms with Gasteiger partial charge in [-0.3, -0.25) is 4.79 Å². The van der Waals surface area contributed by atoms with E-state index < -0.39 is 12.0 Å². The van der Waals surface area contributed by atoms with Gasteiger partial charge >= 0.3 is 5.97 Å². The van der Waals surface area contributed by atoms with Gasteiger partial charge in [0.25, 0.3) is 0 Å². The van der Waals surface area contributed by atoms with Crippen LogP contribution >= 0.6 is 11.8 Å². The highest BCUT2D eigenvalue weighted by Gasteiger charge is 2.17. The van der Waals surface area contributed by atoms with E-state index in [2.05, 4.69) is 31.3 Å². The molecule has 5 heteroatoms. The lowest BCUT2D eigenvalue weighted by atomic mass is 10.1. The van der Waals surface area contributed by atoms with Gasteiger partial charge in [0.05, 0.1) is 0 Å². The number of carboxylic acids is 1. The van der Waals surface area contributed by atoms with Crippen molar-refractivity contribution in [3.63, 3.8) is 0 Å². The van der Waals surface area contributed by atoms with Gasteiger partial charge in [-0.1, -0.05) is 18.2 Å². The standard InChI is InChI=1S/C14H19NO3S/c1-9-4-5-12(6-10(9)2)7-19-8-13(14(17)18)15-11(3)16/h4-6,13H,7-8H2,1-3H3,(H,15,16)(H,17,18)/t13-/m0/s1. The van der Waals surface area contributed by atoms with Crippen molar-refractivity contribution in [2.75, 3.05) is 5.75 Å². The Labute approximate surface area is 117 Å². The monoisotopic (exact) mass is 281 g/mol. The summed E-state index contributed by atoms with van der Waals surface area (Å²) in [6.45, 7) is 5.44. The molecule has 0 heterocycles. The Morgan fingerprint density at radius 2 is 2.00 bits per heavy atom. The van der Waals surface area contributed by atoms with Crippen molar-refractivity contribution in [1.29, 1.82) is 0 Å². The van der Waals surface area contributed by atoms with E-state index in [0.29, 0.717) is 5.75 Å². The maximum Gasteiger partial charge on any atom is 0.327 e. The Balaban J connectivity index is 2.49. The van der Waals surface area contributed by atoms with Gasteiger partial charge < -0.3 is 10.4 Å². The van der Waals surface area contributed by atoms with Gasteiger partial charge in [0, 0.05) is 18.4 Å². The zero-order valence-electron chi connectivity index (χ0n) is 11.4. The molecule has 104 valence electrons. The summed E-state index contributed by atoms with van der Waals surface area (Å²) in [5.74, 6) is -0.214. The summed E-state index contributed by atoms with van der Waals surface area (Å²) >= 11 is 1.50. The number of benzene rings is 1. The second kappa shape index (κ2) is 7.19. The van der Waals surface area contributed by atoms with Crippen LogP contribution < -0.4 is 5.32 Å². The van der Waals surface area contributed by atoms with Crippen molar-refractivity contribution in [3.8, 4) is 0 Å². The third kappa shape index (κ3) is 5.34. The number of hydrogen-bond acceptors (Lipinski definition) is 3. The summed E-state index contributed by atoms with van der Waals surface area (Å²) in [6.07, 6.45) is 0. The van der Waals surface area contributed by atoms with Crippen LogP contribution in [0.1, 0.15) is 23.6 Å². The number of carbonyl (C=O) groups is 2. The van der Waals surface area contributed by atoms with E-state index in [1.165, 1.54) is 35.4 Å². The third-order valence-electron chi connectivity index (χ3n) is 2.80. The van der Waals surface area contributed by atoms with Gasteiger partial charge in [-0.05, 0) is 30.5 Å². The first-order chi connectivity index (χ1) is 8.90. The number of nitrogens with one attached hydrogen (secondary N) is 1. The molecule has 0 spiro atoms. The molecule has 0 aliphatic rings. The second-order valence-corrected chi connectivity index (χ2v) is 5.56. The predicted molar refractivity (Wildman–Crippen MR) is 77.3 cm³/mol. The smallest absolute Gasteiger partial charge is 0.327 e. The summed E-state index contributed by atoms with van der Waals surface area (Å²) in [7, 11) is 0. The van der Waals surface area contributed by atoms with Crippen molar-refractivity contribution in [3.05, 3.63) is 34.9 Å². The van der Waals surface area contributed by atoms with Crippen LogP contribution in [0.4, 0.5) is 0 Å². The predicted octanol–water partition coefficient (Wildman–Crippen LogP) is 2.13. The normalized spacial score (nSPS) is 11.9. The van der Waals surface area contributed by atoms with Crippen LogP contribution in [0.5, 0.6) is 0 Å². The molecule has 0 radical (unpaired) electrons.